The molecule has 0 aromatic rings. The van der Waals surface area contributed by atoms with Crippen molar-refractivity contribution in [3.05, 3.63) is 25.3 Å². The molecule has 0 saturated carbocycles. The summed E-state index contributed by atoms with van der Waals surface area (Å²) in [5.74, 6) is 0. The molecule has 0 aliphatic carbocycles. The summed E-state index contributed by atoms with van der Waals surface area (Å²) in [5.41, 5.74) is 0. The Morgan fingerprint density at radius 2 is 1.85 bits per heavy atom. The summed E-state index contributed by atoms with van der Waals surface area (Å²) >= 11 is 0. The van der Waals surface area contributed by atoms with Crippen molar-refractivity contribution in [1.82, 2.24) is 4.90 Å². The smallest absolute Gasteiger partial charge is 0.566 e. The molecule has 6 heteroatoms. The van der Waals surface area contributed by atoms with E-state index < -0.39 is 8.25 Å². The van der Waals surface area contributed by atoms with Crippen molar-refractivity contribution in [1.29, 1.82) is 0 Å². The van der Waals surface area contributed by atoms with Gasteiger partial charge in [-0.25, -0.2) is 0 Å². The molecule has 0 saturated heterocycles. The zero-order chi connectivity index (χ0) is 9.40. The molecule has 13 heavy (non-hydrogen) atoms. The Labute approximate surface area is 102 Å². The summed E-state index contributed by atoms with van der Waals surface area (Å²) in [6.45, 7) is 8.26. The molecule has 0 amide bonds. The minimum atomic E-state index is -2.76. The summed E-state index contributed by atoms with van der Waals surface area (Å²) in [7, 11) is -2.76. The van der Waals surface area contributed by atoms with Crippen LogP contribution in [0, 0.1) is 0 Å². The molecule has 0 radical (unpaired) electrons. The van der Waals surface area contributed by atoms with Gasteiger partial charge in [-0.2, -0.15) is 0 Å². The molecule has 0 aromatic heterocycles. The third kappa shape index (κ3) is 10.4. The van der Waals surface area contributed by atoms with Crippen molar-refractivity contribution in [2.45, 2.75) is 0 Å². The quantitative estimate of drug-likeness (QED) is 0.205. The van der Waals surface area contributed by atoms with Crippen molar-refractivity contribution in [3.63, 3.8) is 0 Å². The number of nitrogens with zero attached hydrogens (tertiary/aromatic N) is 1. The number of hydrogen-bond acceptors (Lipinski definition) is 4. The van der Waals surface area contributed by atoms with Gasteiger partial charge in [-0.05, 0) is 4.57 Å². The predicted octanol–water partition coefficient (Wildman–Crippen LogP) is -2.34. The molecule has 0 fully saturated rings. The molecule has 0 bridgehead atoms. The van der Waals surface area contributed by atoms with Gasteiger partial charge in [-0.3, -0.25) is 4.90 Å². The summed E-state index contributed by atoms with van der Waals surface area (Å²) in [6, 6.07) is 0. The molecule has 0 aliphatic heterocycles. The van der Waals surface area contributed by atoms with Gasteiger partial charge >= 0.3 is 37.8 Å². The molecule has 68 valence electrons. The van der Waals surface area contributed by atoms with Crippen LogP contribution < -0.4 is 34.5 Å². The largest absolute Gasteiger partial charge is 1.00 e. The Hall–Kier alpha value is 0.460. The van der Waals surface area contributed by atoms with Crippen LogP contribution in [0.4, 0.5) is 0 Å². The second-order valence-electron chi connectivity index (χ2n) is 2.10. The molecule has 0 N–H and O–H groups in total. The van der Waals surface area contributed by atoms with E-state index in [1.165, 1.54) is 0 Å². The molecule has 0 aliphatic rings. The van der Waals surface area contributed by atoms with Crippen LogP contribution >= 0.6 is 8.25 Å². The first-order valence-corrected chi connectivity index (χ1v) is 4.51. The van der Waals surface area contributed by atoms with E-state index in [4.69, 9.17) is 0 Å². The zero-order valence-electron chi connectivity index (χ0n) is 7.81. The first-order chi connectivity index (χ1) is 5.70. The standard InChI is InChI=1S/C7H12NO3P.Na/c1-3-5-8(6-4-2)7-11-12(9)10;/h3-4H,1-2,5-7H2;/q;+1. The van der Waals surface area contributed by atoms with Crippen molar-refractivity contribution in [2.24, 2.45) is 0 Å². The van der Waals surface area contributed by atoms with E-state index in [-0.39, 0.29) is 36.3 Å². The molecule has 0 rings (SSSR count). The maximum Gasteiger partial charge on any atom is 1.00 e. The average molecular weight is 212 g/mol. The van der Waals surface area contributed by atoms with Gasteiger partial charge in [0.15, 0.2) is 6.73 Å². The van der Waals surface area contributed by atoms with Crippen molar-refractivity contribution < 1.29 is 43.5 Å². The number of hydrogen-bond donors (Lipinski definition) is 0. The first kappa shape index (κ1) is 15.9. The van der Waals surface area contributed by atoms with Gasteiger partial charge in [0.1, 0.15) is 0 Å². The number of rotatable bonds is 7. The van der Waals surface area contributed by atoms with Gasteiger partial charge in [-0.1, -0.05) is 12.2 Å². The Morgan fingerprint density at radius 3 is 2.15 bits per heavy atom. The maximum absolute atomic E-state index is 10.0. The summed E-state index contributed by atoms with van der Waals surface area (Å²) in [6.07, 6.45) is 3.34. The second kappa shape index (κ2) is 10.5. The van der Waals surface area contributed by atoms with Gasteiger partial charge < -0.3 is 4.89 Å². The van der Waals surface area contributed by atoms with Crippen LogP contribution in [-0.4, -0.2) is 24.7 Å². The first-order valence-electron chi connectivity index (χ1n) is 3.42. The molecule has 0 heterocycles. The van der Waals surface area contributed by atoms with Crippen LogP contribution in [-0.2, 0) is 9.09 Å². The Kier molecular flexibility index (Phi) is 12.9. The van der Waals surface area contributed by atoms with Crippen LogP contribution in [0.25, 0.3) is 0 Å². The molecule has 0 spiro atoms. The third-order valence-corrected chi connectivity index (χ3v) is 1.45. The van der Waals surface area contributed by atoms with E-state index in [0.29, 0.717) is 13.1 Å². The van der Waals surface area contributed by atoms with Crippen LogP contribution in [0.1, 0.15) is 0 Å². The molecule has 1 atom stereocenters. The van der Waals surface area contributed by atoms with Crippen LogP contribution in [0.5, 0.6) is 0 Å². The summed E-state index contributed by atoms with van der Waals surface area (Å²) in [5, 5.41) is 0. The molecular formula is C7H12NNaO3P+. The molecular weight excluding hydrogens is 200 g/mol. The Morgan fingerprint density at radius 1 is 1.38 bits per heavy atom. The third-order valence-electron chi connectivity index (χ3n) is 1.12. The fourth-order valence-electron chi connectivity index (χ4n) is 0.674. The minimum absolute atomic E-state index is 0. The fraction of sp³-hybridized carbons (Fsp3) is 0.429. The van der Waals surface area contributed by atoms with Crippen molar-refractivity contribution >= 4 is 8.25 Å². The fourth-order valence-corrected chi connectivity index (χ4v) is 0.931. The van der Waals surface area contributed by atoms with Crippen molar-refractivity contribution in [3.8, 4) is 0 Å². The van der Waals surface area contributed by atoms with Gasteiger partial charge in [0.2, 0.25) is 0 Å². The Bertz CT molecular complexity index is 167. The predicted molar refractivity (Wildman–Crippen MR) is 45.5 cm³/mol. The molecule has 4 nitrogen and oxygen atoms in total. The van der Waals surface area contributed by atoms with Gasteiger partial charge in [0.25, 0.3) is 0 Å². The van der Waals surface area contributed by atoms with E-state index in [1.807, 2.05) is 0 Å². The minimum Gasteiger partial charge on any atom is -0.566 e. The monoisotopic (exact) mass is 212 g/mol. The van der Waals surface area contributed by atoms with Gasteiger partial charge in [0.05, 0.1) is 0 Å². The molecule has 1 unspecified atom stereocenters. The van der Waals surface area contributed by atoms with Crippen molar-refractivity contribution in [2.75, 3.05) is 19.8 Å². The van der Waals surface area contributed by atoms with E-state index in [0.717, 1.165) is 0 Å². The Balaban J connectivity index is 0. The van der Waals surface area contributed by atoms with Crippen LogP contribution in [0.15, 0.2) is 25.3 Å². The normalized spacial score (nSPS) is 10.5. The van der Waals surface area contributed by atoms with E-state index in [2.05, 4.69) is 17.7 Å². The average Bonchev–Trinajstić information content (AvgIpc) is 2.01. The topological polar surface area (TPSA) is 52.6 Å². The van der Waals surface area contributed by atoms with Gasteiger partial charge in [-0.15, -0.1) is 17.7 Å². The van der Waals surface area contributed by atoms with E-state index >= 15 is 0 Å². The summed E-state index contributed by atoms with van der Waals surface area (Å²) < 4.78 is 14.4. The molecule has 0 aromatic carbocycles. The zero-order valence-corrected chi connectivity index (χ0v) is 10.7. The van der Waals surface area contributed by atoms with E-state index in [9.17, 15) is 9.46 Å². The van der Waals surface area contributed by atoms with Crippen LogP contribution in [0.2, 0.25) is 0 Å². The van der Waals surface area contributed by atoms with Crippen LogP contribution in [0.3, 0.4) is 0 Å². The van der Waals surface area contributed by atoms with E-state index in [1.54, 1.807) is 17.1 Å². The second-order valence-corrected chi connectivity index (χ2v) is 2.80. The summed E-state index contributed by atoms with van der Waals surface area (Å²) in [4.78, 5) is 11.8. The SMILES string of the molecule is C=CCN(CC=C)CO[P+](=O)[O-].[Na+]. The van der Waals surface area contributed by atoms with Gasteiger partial charge in [0, 0.05) is 13.1 Å². The maximum atomic E-state index is 10.0.